The molecule has 0 aliphatic carbocycles. The average molecular weight is 458 g/mol. The van der Waals surface area contributed by atoms with Crippen molar-refractivity contribution in [2.75, 3.05) is 16.7 Å². The first-order valence-electron chi connectivity index (χ1n) is 8.86. The Balaban J connectivity index is 1.59. The topological polar surface area (TPSA) is 79.4 Å². The van der Waals surface area contributed by atoms with Gasteiger partial charge in [-0.3, -0.25) is 14.4 Å². The van der Waals surface area contributed by atoms with Crippen LogP contribution in [0.2, 0.25) is 5.02 Å². The lowest BCUT2D eigenvalue weighted by Crippen LogP contribution is -2.26. The molecule has 0 bridgehead atoms. The number of hydrogen-bond donors (Lipinski definition) is 1. The van der Waals surface area contributed by atoms with Gasteiger partial charge in [0, 0.05) is 17.6 Å². The Morgan fingerprint density at radius 2 is 1.80 bits per heavy atom. The SMILES string of the molecule is CN(c1ccccc1)S(=O)(=O)c1cccc(C(=O)Nc2nc3ccc(Cl)cc3s2)c1. The van der Waals surface area contributed by atoms with Gasteiger partial charge in [-0.2, -0.15) is 0 Å². The Labute approximate surface area is 182 Å². The number of benzene rings is 3. The van der Waals surface area contributed by atoms with E-state index in [1.54, 1.807) is 54.6 Å². The highest BCUT2D eigenvalue weighted by atomic mass is 35.5. The van der Waals surface area contributed by atoms with Gasteiger partial charge in [-0.25, -0.2) is 13.4 Å². The van der Waals surface area contributed by atoms with Crippen LogP contribution < -0.4 is 9.62 Å². The van der Waals surface area contributed by atoms with Gasteiger partial charge in [0.15, 0.2) is 5.13 Å². The lowest BCUT2D eigenvalue weighted by atomic mass is 10.2. The first-order chi connectivity index (χ1) is 14.3. The Morgan fingerprint density at radius 3 is 2.57 bits per heavy atom. The molecule has 0 fully saturated rings. The summed E-state index contributed by atoms with van der Waals surface area (Å²) in [5, 5.41) is 3.72. The van der Waals surface area contributed by atoms with Gasteiger partial charge >= 0.3 is 0 Å². The molecule has 1 aromatic heterocycles. The quantitative estimate of drug-likeness (QED) is 0.456. The van der Waals surface area contributed by atoms with Crippen LogP contribution in [0.25, 0.3) is 10.2 Å². The van der Waals surface area contributed by atoms with E-state index in [0.29, 0.717) is 15.8 Å². The van der Waals surface area contributed by atoms with Gasteiger partial charge < -0.3 is 0 Å². The van der Waals surface area contributed by atoms with Crippen LogP contribution in [0.3, 0.4) is 0 Å². The summed E-state index contributed by atoms with van der Waals surface area (Å²) >= 11 is 7.28. The maximum absolute atomic E-state index is 13.0. The van der Waals surface area contributed by atoms with Crippen LogP contribution in [0.4, 0.5) is 10.8 Å². The van der Waals surface area contributed by atoms with Gasteiger partial charge in [0.1, 0.15) is 0 Å². The Hall–Kier alpha value is -2.94. The molecule has 3 aromatic carbocycles. The fraction of sp³-hybridized carbons (Fsp3) is 0.0476. The molecule has 0 aliphatic rings. The Bertz CT molecular complexity index is 1340. The lowest BCUT2D eigenvalue weighted by molar-refractivity contribution is 0.102. The first kappa shape index (κ1) is 20.3. The molecule has 1 N–H and O–H groups in total. The van der Waals surface area contributed by atoms with Crippen molar-refractivity contribution in [3.05, 3.63) is 83.4 Å². The molecular weight excluding hydrogens is 442 g/mol. The van der Waals surface area contributed by atoms with Crippen LogP contribution in [0.15, 0.2) is 77.7 Å². The monoisotopic (exact) mass is 457 g/mol. The van der Waals surface area contributed by atoms with Gasteiger partial charge in [0.2, 0.25) is 0 Å². The number of sulfonamides is 1. The molecular formula is C21H16ClN3O3S2. The lowest BCUT2D eigenvalue weighted by Gasteiger charge is -2.19. The van der Waals surface area contributed by atoms with Crippen LogP contribution in [0.5, 0.6) is 0 Å². The molecule has 1 amide bonds. The van der Waals surface area contributed by atoms with Crippen molar-refractivity contribution >= 4 is 59.9 Å². The summed E-state index contributed by atoms with van der Waals surface area (Å²) in [5.41, 5.74) is 1.47. The van der Waals surface area contributed by atoms with Crippen molar-refractivity contribution in [2.45, 2.75) is 4.90 Å². The maximum Gasteiger partial charge on any atom is 0.264 e. The van der Waals surface area contributed by atoms with Gasteiger partial charge in [-0.05, 0) is 48.5 Å². The summed E-state index contributed by atoms with van der Waals surface area (Å²) < 4.78 is 28.0. The highest BCUT2D eigenvalue weighted by Gasteiger charge is 2.22. The number of aromatic nitrogens is 1. The zero-order chi connectivity index (χ0) is 21.3. The molecule has 6 nitrogen and oxygen atoms in total. The third-order valence-corrected chi connectivity index (χ3v) is 7.40. The fourth-order valence-electron chi connectivity index (χ4n) is 2.85. The van der Waals surface area contributed by atoms with E-state index >= 15 is 0 Å². The molecule has 152 valence electrons. The number of nitrogens with zero attached hydrogens (tertiary/aromatic N) is 2. The summed E-state index contributed by atoms with van der Waals surface area (Å²) in [6.45, 7) is 0. The van der Waals surface area contributed by atoms with Crippen molar-refractivity contribution in [1.82, 2.24) is 4.98 Å². The number of anilines is 2. The number of carbonyl (C=O) groups excluding carboxylic acids is 1. The third-order valence-electron chi connectivity index (χ3n) is 4.45. The second kappa shape index (κ2) is 8.06. The van der Waals surface area contributed by atoms with Crippen molar-refractivity contribution < 1.29 is 13.2 Å². The Morgan fingerprint density at radius 1 is 1.03 bits per heavy atom. The van der Waals surface area contributed by atoms with E-state index in [0.717, 1.165) is 10.2 Å². The van der Waals surface area contributed by atoms with E-state index in [2.05, 4.69) is 10.3 Å². The van der Waals surface area contributed by atoms with E-state index in [1.807, 2.05) is 6.07 Å². The van der Waals surface area contributed by atoms with Crippen molar-refractivity contribution in [3.63, 3.8) is 0 Å². The number of thiazole rings is 1. The zero-order valence-corrected chi connectivity index (χ0v) is 18.1. The van der Waals surface area contributed by atoms with E-state index in [9.17, 15) is 13.2 Å². The molecule has 0 saturated carbocycles. The number of fused-ring (bicyclic) bond motifs is 1. The number of hydrogen-bond acceptors (Lipinski definition) is 5. The summed E-state index contributed by atoms with van der Waals surface area (Å²) in [6.07, 6.45) is 0. The van der Waals surface area contributed by atoms with Gasteiger partial charge in [-0.15, -0.1) is 0 Å². The Kier molecular flexibility index (Phi) is 5.46. The number of rotatable bonds is 5. The molecule has 0 aliphatic heterocycles. The third kappa shape index (κ3) is 4.02. The maximum atomic E-state index is 13.0. The highest BCUT2D eigenvalue weighted by Crippen LogP contribution is 2.29. The molecule has 0 saturated heterocycles. The average Bonchev–Trinajstić information content (AvgIpc) is 3.15. The molecule has 30 heavy (non-hydrogen) atoms. The normalized spacial score (nSPS) is 11.4. The van der Waals surface area contributed by atoms with Crippen LogP contribution in [-0.2, 0) is 10.0 Å². The minimum Gasteiger partial charge on any atom is -0.298 e. The van der Waals surface area contributed by atoms with Crippen molar-refractivity contribution in [1.29, 1.82) is 0 Å². The second-order valence-corrected chi connectivity index (χ2v) is 9.86. The first-order valence-corrected chi connectivity index (χ1v) is 11.5. The second-order valence-electron chi connectivity index (χ2n) is 6.42. The highest BCUT2D eigenvalue weighted by molar-refractivity contribution is 7.92. The van der Waals surface area contributed by atoms with Gasteiger partial charge in [0.25, 0.3) is 15.9 Å². The summed E-state index contributed by atoms with van der Waals surface area (Å²) in [6, 6.07) is 19.9. The number of nitrogens with one attached hydrogen (secondary N) is 1. The molecule has 0 unspecified atom stereocenters. The van der Waals surface area contributed by atoms with Crippen LogP contribution in [0.1, 0.15) is 10.4 Å². The van der Waals surface area contributed by atoms with Crippen molar-refractivity contribution in [3.8, 4) is 0 Å². The number of amides is 1. The molecule has 4 aromatic rings. The number of para-hydroxylation sites is 1. The van der Waals surface area contributed by atoms with Crippen molar-refractivity contribution in [2.24, 2.45) is 0 Å². The van der Waals surface area contributed by atoms with E-state index < -0.39 is 15.9 Å². The molecule has 0 atom stereocenters. The standard InChI is InChI=1S/C21H16ClN3O3S2/c1-25(16-7-3-2-4-8-16)30(27,28)17-9-5-6-14(12-17)20(26)24-21-23-18-11-10-15(22)13-19(18)29-21/h2-13H,1H3,(H,23,24,26). The van der Waals surface area contributed by atoms with Crippen LogP contribution in [0, 0.1) is 0 Å². The summed E-state index contributed by atoms with van der Waals surface area (Å²) in [5.74, 6) is -0.445. The van der Waals surface area contributed by atoms with E-state index in [4.69, 9.17) is 11.6 Å². The smallest absolute Gasteiger partial charge is 0.264 e. The van der Waals surface area contributed by atoms with Crippen LogP contribution >= 0.6 is 22.9 Å². The fourth-order valence-corrected chi connectivity index (χ4v) is 5.23. The number of carbonyl (C=O) groups is 1. The summed E-state index contributed by atoms with van der Waals surface area (Å²) in [7, 11) is -2.34. The van der Waals surface area contributed by atoms with E-state index in [-0.39, 0.29) is 10.5 Å². The molecule has 9 heteroatoms. The number of halogens is 1. The molecule has 4 rings (SSSR count). The van der Waals surface area contributed by atoms with Crippen LogP contribution in [-0.4, -0.2) is 26.4 Å². The minimum absolute atomic E-state index is 0.0255. The predicted molar refractivity (Wildman–Crippen MR) is 121 cm³/mol. The largest absolute Gasteiger partial charge is 0.298 e. The van der Waals surface area contributed by atoms with E-state index in [1.165, 1.54) is 34.8 Å². The molecule has 0 radical (unpaired) electrons. The minimum atomic E-state index is -3.82. The molecule has 0 spiro atoms. The molecule has 1 heterocycles. The van der Waals surface area contributed by atoms with Gasteiger partial charge in [-0.1, -0.05) is 47.2 Å². The van der Waals surface area contributed by atoms with Gasteiger partial charge in [0.05, 0.1) is 20.8 Å². The zero-order valence-electron chi connectivity index (χ0n) is 15.7. The predicted octanol–water partition coefficient (Wildman–Crippen LogP) is 5.03. The summed E-state index contributed by atoms with van der Waals surface area (Å²) in [4.78, 5) is 17.1.